The first-order valence-electron chi connectivity index (χ1n) is 17.0. The summed E-state index contributed by atoms with van der Waals surface area (Å²) in [5.74, 6) is 0.960. The van der Waals surface area contributed by atoms with Crippen LogP contribution in [0.3, 0.4) is 0 Å². The molecule has 4 unspecified atom stereocenters. The van der Waals surface area contributed by atoms with Crippen LogP contribution in [0.4, 0.5) is 5.69 Å². The number of amides is 2. The van der Waals surface area contributed by atoms with Crippen molar-refractivity contribution >= 4 is 17.5 Å². The average molecular weight is 722 g/mol. The highest BCUT2D eigenvalue weighted by Crippen LogP contribution is 2.38. The number of anilines is 1. The Morgan fingerprint density at radius 1 is 1.06 bits per heavy atom. The summed E-state index contributed by atoms with van der Waals surface area (Å²) in [5.41, 5.74) is 2.95. The number of ether oxygens (including phenoxy) is 4. The summed E-state index contributed by atoms with van der Waals surface area (Å²) in [6, 6.07) is 13.3. The van der Waals surface area contributed by atoms with Crippen LogP contribution in [0.15, 0.2) is 42.5 Å². The highest BCUT2D eigenvalue weighted by atomic mass is 17.1. The molecular weight excluding hydrogens is 670 g/mol. The zero-order valence-corrected chi connectivity index (χ0v) is 29.4. The highest BCUT2D eigenvalue weighted by Gasteiger charge is 2.40. The number of nitrogens with zero attached hydrogens (tertiary/aromatic N) is 4. The first-order chi connectivity index (χ1) is 24.6. The topological polar surface area (TPSA) is 195 Å². The van der Waals surface area contributed by atoms with E-state index in [1.165, 1.54) is 0 Å². The lowest BCUT2D eigenvalue weighted by atomic mass is 9.81. The average Bonchev–Trinajstić information content (AvgIpc) is 3.12. The van der Waals surface area contributed by atoms with E-state index in [0.717, 1.165) is 42.1 Å². The Hall–Kier alpha value is -3.62. The van der Waals surface area contributed by atoms with Crippen LogP contribution in [0.5, 0.6) is 11.5 Å². The molecule has 0 aromatic heterocycles. The van der Waals surface area contributed by atoms with Gasteiger partial charge >= 0.3 is 0 Å². The molecule has 284 valence electrons. The molecular formula is C34H51N5O12. The Kier molecular flexibility index (Phi) is 16.1. The number of benzene rings is 2. The van der Waals surface area contributed by atoms with E-state index in [0.29, 0.717) is 25.4 Å². The third-order valence-electron chi connectivity index (χ3n) is 9.12. The lowest BCUT2D eigenvalue weighted by Crippen LogP contribution is -2.53. The van der Waals surface area contributed by atoms with E-state index in [9.17, 15) is 9.59 Å². The first-order valence-corrected chi connectivity index (χ1v) is 17.0. The molecule has 1 fully saturated rings. The molecule has 5 N–H and O–H groups in total. The Bertz CT molecular complexity index is 1370. The Balaban J connectivity index is 1.53. The fourth-order valence-electron chi connectivity index (χ4n) is 6.55. The Labute approximate surface area is 297 Å². The first kappa shape index (κ1) is 40.2. The van der Waals surface area contributed by atoms with Gasteiger partial charge in [-0.3, -0.25) is 30.4 Å². The Morgan fingerprint density at radius 3 is 2.53 bits per heavy atom. The van der Waals surface area contributed by atoms with Gasteiger partial charge in [0, 0.05) is 58.7 Å². The molecule has 2 aliphatic heterocycles. The zero-order chi connectivity index (χ0) is 36.8. The van der Waals surface area contributed by atoms with Gasteiger partial charge in [-0.05, 0) is 61.1 Å². The number of likely N-dealkylation sites (tertiary alicyclic amines) is 1. The van der Waals surface area contributed by atoms with Crippen molar-refractivity contribution in [1.82, 2.24) is 21.0 Å². The van der Waals surface area contributed by atoms with E-state index < -0.39 is 35.6 Å². The normalized spacial score (nSPS) is 19.5. The fourth-order valence-corrected chi connectivity index (χ4v) is 6.55. The standard InChI is InChI=1S/C34H51N5O12/c1-35-33(40)20-26-19-29(25-9-11-27(47-3)12-10-25)32(21-37(26)34(41)7-4-6-28(51-39(44)45)23-50-38(42)43)49-22-24-8-13-31-30(18-24)36(15-17-48-31)14-5-16-46-2/h8-13,18,26,28-29,32,42-45H,4-7,14-17,19-23H2,1-3H3,(H,35,40). The molecule has 0 saturated carbocycles. The van der Waals surface area contributed by atoms with Crippen LogP contribution < -0.4 is 19.7 Å². The predicted octanol–water partition coefficient (Wildman–Crippen LogP) is 2.90. The molecule has 17 nitrogen and oxygen atoms in total. The number of fused-ring (bicyclic) bond motifs is 1. The van der Waals surface area contributed by atoms with Crippen LogP contribution >= 0.6 is 0 Å². The number of piperidine rings is 1. The second-order valence-electron chi connectivity index (χ2n) is 12.4. The van der Waals surface area contributed by atoms with Crippen LogP contribution in [0.1, 0.15) is 55.6 Å². The number of hydrogen-bond donors (Lipinski definition) is 5. The third-order valence-corrected chi connectivity index (χ3v) is 9.12. The summed E-state index contributed by atoms with van der Waals surface area (Å²) in [7, 11) is 4.85. The van der Waals surface area contributed by atoms with E-state index in [1.807, 2.05) is 36.4 Å². The van der Waals surface area contributed by atoms with Crippen LogP contribution in [0.25, 0.3) is 0 Å². The number of rotatable bonds is 20. The van der Waals surface area contributed by atoms with Gasteiger partial charge in [-0.25, -0.2) is 9.68 Å². The van der Waals surface area contributed by atoms with Crippen LogP contribution in [-0.2, 0) is 35.3 Å². The number of nitrogens with one attached hydrogen (secondary N) is 1. The van der Waals surface area contributed by atoms with Gasteiger partial charge in [0.1, 0.15) is 30.8 Å². The summed E-state index contributed by atoms with van der Waals surface area (Å²) in [6.45, 7) is 2.94. The highest BCUT2D eigenvalue weighted by molar-refractivity contribution is 5.80. The number of carbonyl (C=O) groups excluding carboxylic acids is 2. The lowest BCUT2D eigenvalue weighted by molar-refractivity contribution is -0.527. The molecule has 2 aliphatic rings. The summed E-state index contributed by atoms with van der Waals surface area (Å²) in [4.78, 5) is 39.8. The Morgan fingerprint density at radius 2 is 1.84 bits per heavy atom. The van der Waals surface area contributed by atoms with Crippen molar-refractivity contribution in [1.29, 1.82) is 0 Å². The quantitative estimate of drug-likeness (QED) is 0.0989. The lowest BCUT2D eigenvalue weighted by Gasteiger charge is -2.44. The predicted molar refractivity (Wildman–Crippen MR) is 179 cm³/mol. The van der Waals surface area contributed by atoms with Crippen molar-refractivity contribution < 1.29 is 59.0 Å². The summed E-state index contributed by atoms with van der Waals surface area (Å²) >= 11 is 0. The maximum atomic E-state index is 13.8. The molecule has 1 saturated heterocycles. The van der Waals surface area contributed by atoms with Crippen LogP contribution in [0.2, 0.25) is 0 Å². The van der Waals surface area contributed by atoms with Crippen molar-refractivity contribution in [2.24, 2.45) is 0 Å². The van der Waals surface area contributed by atoms with E-state index in [2.05, 4.69) is 21.1 Å². The summed E-state index contributed by atoms with van der Waals surface area (Å²) in [5, 5.41) is 37.6. The monoisotopic (exact) mass is 721 g/mol. The van der Waals surface area contributed by atoms with E-state index in [4.69, 9.17) is 44.6 Å². The zero-order valence-electron chi connectivity index (χ0n) is 29.4. The maximum Gasteiger partial charge on any atom is 0.222 e. The summed E-state index contributed by atoms with van der Waals surface area (Å²) in [6.07, 6.45) is 0.367. The minimum Gasteiger partial charge on any atom is -0.497 e. The van der Waals surface area contributed by atoms with Crippen molar-refractivity contribution in [3.8, 4) is 11.5 Å². The molecule has 0 bridgehead atoms. The fraction of sp³-hybridized carbons (Fsp3) is 0.588. The molecule has 4 atom stereocenters. The minimum atomic E-state index is -1.02. The van der Waals surface area contributed by atoms with Gasteiger partial charge in [0.2, 0.25) is 11.8 Å². The van der Waals surface area contributed by atoms with Crippen molar-refractivity contribution in [3.05, 3.63) is 53.6 Å². The molecule has 17 heteroatoms. The molecule has 0 aliphatic carbocycles. The minimum absolute atomic E-state index is 0.0343. The number of hydrogen-bond acceptors (Lipinski definition) is 15. The van der Waals surface area contributed by atoms with Gasteiger partial charge in [0.15, 0.2) is 0 Å². The number of methoxy groups -OCH3 is 2. The van der Waals surface area contributed by atoms with Gasteiger partial charge in [-0.2, -0.15) is 0 Å². The second kappa shape index (κ2) is 20.4. The molecule has 0 spiro atoms. The molecule has 4 rings (SSSR count). The van der Waals surface area contributed by atoms with Gasteiger partial charge in [-0.15, -0.1) is 0 Å². The van der Waals surface area contributed by atoms with Crippen LogP contribution in [-0.4, -0.2) is 127 Å². The van der Waals surface area contributed by atoms with Crippen LogP contribution in [0, 0.1) is 0 Å². The van der Waals surface area contributed by atoms with Gasteiger partial charge in [-0.1, -0.05) is 18.2 Å². The molecule has 2 heterocycles. The number of carbonyl (C=O) groups is 2. The van der Waals surface area contributed by atoms with Gasteiger partial charge < -0.3 is 34.1 Å². The second-order valence-corrected chi connectivity index (χ2v) is 12.4. The largest absolute Gasteiger partial charge is 0.497 e. The SMILES string of the molecule is CNC(=O)CC1CC(c2ccc(OC)cc2)C(OCc2ccc3c(c2)N(CCCOC)CCO3)CN1C(=O)CCCC(CON(O)O)ON(O)O. The van der Waals surface area contributed by atoms with E-state index in [1.54, 1.807) is 26.2 Å². The molecule has 2 amide bonds. The van der Waals surface area contributed by atoms with E-state index >= 15 is 0 Å². The van der Waals surface area contributed by atoms with Crippen molar-refractivity contribution in [3.63, 3.8) is 0 Å². The molecule has 2 aromatic carbocycles. The summed E-state index contributed by atoms with van der Waals surface area (Å²) < 4.78 is 23.2. The maximum absolute atomic E-state index is 13.8. The smallest absolute Gasteiger partial charge is 0.222 e. The molecule has 0 radical (unpaired) electrons. The van der Waals surface area contributed by atoms with Crippen molar-refractivity contribution in [2.75, 3.05) is 65.6 Å². The molecule has 2 aromatic rings. The third kappa shape index (κ3) is 12.2. The van der Waals surface area contributed by atoms with Gasteiger partial charge in [0.05, 0.1) is 42.8 Å². The molecule has 51 heavy (non-hydrogen) atoms. The van der Waals surface area contributed by atoms with Gasteiger partial charge in [0.25, 0.3) is 0 Å². The van der Waals surface area contributed by atoms with E-state index in [-0.39, 0.29) is 56.6 Å². The van der Waals surface area contributed by atoms with Crippen molar-refractivity contribution in [2.45, 2.75) is 69.3 Å².